The van der Waals surface area contributed by atoms with Crippen molar-refractivity contribution in [1.82, 2.24) is 20.2 Å². The molecule has 0 aromatic carbocycles. The zero-order valence-corrected chi connectivity index (χ0v) is 16.0. The second kappa shape index (κ2) is 9.68. The Labute approximate surface area is 160 Å². The van der Waals surface area contributed by atoms with Gasteiger partial charge >= 0.3 is 6.09 Å². The number of methoxy groups -OCH3 is 1. The smallest absolute Gasteiger partial charge is 0.407 e. The summed E-state index contributed by atoms with van der Waals surface area (Å²) in [6.45, 7) is 4.43. The number of amides is 2. The van der Waals surface area contributed by atoms with Gasteiger partial charge in [0.25, 0.3) is 0 Å². The monoisotopic (exact) mass is 370 g/mol. The average molecular weight is 370 g/mol. The minimum absolute atomic E-state index is 0.0558. The van der Waals surface area contributed by atoms with Crippen LogP contribution >= 0.6 is 0 Å². The van der Waals surface area contributed by atoms with Gasteiger partial charge in [0.15, 0.2) is 0 Å². The first-order valence-corrected chi connectivity index (χ1v) is 9.10. The van der Waals surface area contributed by atoms with Gasteiger partial charge in [-0.1, -0.05) is 19.8 Å². The maximum absolute atomic E-state index is 13.0. The topological polar surface area (TPSA) is 87.3 Å². The molecule has 144 valence electrons. The number of terminal acetylenes is 1. The highest BCUT2D eigenvalue weighted by Crippen LogP contribution is 2.31. The molecule has 27 heavy (non-hydrogen) atoms. The minimum atomic E-state index is -0.633. The third-order valence-corrected chi connectivity index (χ3v) is 4.57. The number of H-pyrrole nitrogens is 1. The molecule has 2 atom stereocenters. The lowest BCUT2D eigenvalue weighted by atomic mass is 10.0. The number of rotatable bonds is 6. The van der Waals surface area contributed by atoms with E-state index in [0.29, 0.717) is 13.0 Å². The summed E-state index contributed by atoms with van der Waals surface area (Å²) >= 11 is 0. The summed E-state index contributed by atoms with van der Waals surface area (Å²) in [6, 6.07) is -0.754. The van der Waals surface area contributed by atoms with E-state index < -0.39 is 12.1 Å². The first-order valence-electron chi connectivity index (χ1n) is 9.10. The predicted octanol–water partition coefficient (Wildman–Crippen LogP) is 2.02. The molecule has 0 unspecified atom stereocenters. The molecule has 1 aliphatic rings. The summed E-state index contributed by atoms with van der Waals surface area (Å²) in [6.07, 6.45) is 9.38. The molecule has 7 heteroatoms. The van der Waals surface area contributed by atoms with E-state index >= 15 is 0 Å². The lowest BCUT2D eigenvalue weighted by Gasteiger charge is -2.30. The van der Waals surface area contributed by atoms with Gasteiger partial charge in [0.1, 0.15) is 11.9 Å². The van der Waals surface area contributed by atoms with E-state index in [4.69, 9.17) is 6.42 Å². The zero-order chi connectivity index (χ0) is 19.8. The molecule has 1 aromatic heterocycles. The SMILES string of the molecule is C#CC#CCCc1cnc([C@H]2CCCN2C(=O)[C@H](NC(=O)OC)C(C)C)[nH]1. The van der Waals surface area contributed by atoms with E-state index in [-0.39, 0.29) is 17.9 Å². The lowest BCUT2D eigenvalue weighted by molar-refractivity contribution is -0.135. The third kappa shape index (κ3) is 5.27. The second-order valence-corrected chi connectivity index (χ2v) is 6.79. The number of carbonyl (C=O) groups is 2. The molecule has 2 N–H and O–H groups in total. The maximum Gasteiger partial charge on any atom is 0.407 e. The Balaban J connectivity index is 2.09. The number of imidazole rings is 1. The molecule has 1 saturated heterocycles. The summed E-state index contributed by atoms with van der Waals surface area (Å²) < 4.78 is 4.65. The van der Waals surface area contributed by atoms with Gasteiger partial charge in [0.2, 0.25) is 5.91 Å². The first kappa shape index (κ1) is 20.4. The van der Waals surface area contributed by atoms with Gasteiger partial charge in [-0.05, 0) is 30.6 Å². The second-order valence-electron chi connectivity index (χ2n) is 6.79. The number of aryl methyl sites for hydroxylation is 1. The molecule has 1 fully saturated rings. The van der Waals surface area contributed by atoms with Crippen LogP contribution < -0.4 is 5.32 Å². The molecular weight excluding hydrogens is 344 g/mol. The lowest BCUT2D eigenvalue weighted by Crippen LogP contribution is -2.51. The highest BCUT2D eigenvalue weighted by Gasteiger charge is 2.37. The fraction of sp³-hybridized carbons (Fsp3) is 0.550. The summed E-state index contributed by atoms with van der Waals surface area (Å²) in [5.74, 6) is 8.37. The predicted molar refractivity (Wildman–Crippen MR) is 101 cm³/mol. The summed E-state index contributed by atoms with van der Waals surface area (Å²) in [7, 11) is 1.29. The van der Waals surface area contributed by atoms with E-state index in [0.717, 1.165) is 30.8 Å². The Morgan fingerprint density at radius 2 is 2.30 bits per heavy atom. The highest BCUT2D eigenvalue weighted by molar-refractivity contribution is 5.86. The van der Waals surface area contributed by atoms with Crippen LogP contribution in [0.2, 0.25) is 0 Å². The van der Waals surface area contributed by atoms with Crippen LogP contribution in [0.4, 0.5) is 4.79 Å². The van der Waals surface area contributed by atoms with Gasteiger partial charge in [-0.15, -0.1) is 6.42 Å². The Hall–Kier alpha value is -2.93. The van der Waals surface area contributed by atoms with E-state index in [9.17, 15) is 9.59 Å². The molecule has 2 heterocycles. The van der Waals surface area contributed by atoms with Crippen LogP contribution in [-0.2, 0) is 16.0 Å². The molecule has 0 radical (unpaired) electrons. The molecular formula is C20H26N4O3. The van der Waals surface area contributed by atoms with Crippen LogP contribution in [0, 0.1) is 30.1 Å². The maximum atomic E-state index is 13.0. The summed E-state index contributed by atoms with van der Waals surface area (Å²) in [5, 5.41) is 2.65. The molecule has 0 bridgehead atoms. The Morgan fingerprint density at radius 1 is 1.52 bits per heavy atom. The highest BCUT2D eigenvalue weighted by atomic mass is 16.5. The molecule has 1 aromatic rings. The summed E-state index contributed by atoms with van der Waals surface area (Å²) in [4.78, 5) is 34.2. The molecule has 0 aliphatic carbocycles. The molecule has 1 aliphatic heterocycles. The number of alkyl carbamates (subject to hydrolysis) is 1. The molecule has 0 saturated carbocycles. The van der Waals surface area contributed by atoms with Crippen molar-refractivity contribution in [2.75, 3.05) is 13.7 Å². The number of aromatic nitrogens is 2. The third-order valence-electron chi connectivity index (χ3n) is 4.57. The van der Waals surface area contributed by atoms with Gasteiger partial charge in [-0.25, -0.2) is 9.78 Å². The Morgan fingerprint density at radius 3 is 2.96 bits per heavy atom. The number of nitrogens with one attached hydrogen (secondary N) is 2. The standard InChI is InChI=1S/C20H26N4O3/c1-5-6-7-8-10-15-13-21-18(22-15)16-11-9-12-24(16)19(25)17(14(2)3)23-20(26)27-4/h1,13-14,16-17H,8-12H2,2-4H3,(H,21,22)(H,23,26)/t16-,17-/m1/s1. The van der Waals surface area contributed by atoms with Crippen molar-refractivity contribution in [3.8, 4) is 24.2 Å². The van der Waals surface area contributed by atoms with Crippen molar-refractivity contribution in [3.63, 3.8) is 0 Å². The number of hydrogen-bond donors (Lipinski definition) is 2. The Bertz CT molecular complexity index is 766. The van der Waals surface area contributed by atoms with E-state index in [2.05, 4.69) is 37.8 Å². The van der Waals surface area contributed by atoms with Crippen LogP contribution in [-0.4, -0.2) is 46.6 Å². The summed E-state index contributed by atoms with van der Waals surface area (Å²) in [5.41, 5.74) is 0.962. The molecule has 2 rings (SSSR count). The van der Waals surface area contributed by atoms with Gasteiger partial charge in [0.05, 0.1) is 13.2 Å². The van der Waals surface area contributed by atoms with Gasteiger partial charge < -0.3 is 19.9 Å². The number of nitrogens with zero attached hydrogens (tertiary/aromatic N) is 2. The van der Waals surface area contributed by atoms with Crippen LogP contribution in [0.5, 0.6) is 0 Å². The van der Waals surface area contributed by atoms with Crippen LogP contribution in [0.3, 0.4) is 0 Å². The van der Waals surface area contributed by atoms with Crippen molar-refractivity contribution in [2.24, 2.45) is 5.92 Å². The number of carbonyl (C=O) groups excluding carboxylic acids is 2. The van der Waals surface area contributed by atoms with Crippen molar-refractivity contribution in [2.45, 2.75) is 51.6 Å². The first-order chi connectivity index (χ1) is 13.0. The minimum Gasteiger partial charge on any atom is -0.453 e. The Kier molecular flexibility index (Phi) is 7.31. The number of ether oxygens (including phenoxy) is 1. The van der Waals surface area contributed by atoms with Crippen molar-refractivity contribution >= 4 is 12.0 Å². The van der Waals surface area contributed by atoms with Crippen LogP contribution in [0.25, 0.3) is 0 Å². The fourth-order valence-electron chi connectivity index (χ4n) is 3.18. The van der Waals surface area contributed by atoms with Gasteiger partial charge in [-0.2, -0.15) is 0 Å². The average Bonchev–Trinajstić information content (AvgIpc) is 3.31. The number of hydrogen-bond acceptors (Lipinski definition) is 4. The zero-order valence-electron chi connectivity index (χ0n) is 16.0. The van der Waals surface area contributed by atoms with Crippen molar-refractivity contribution in [3.05, 3.63) is 17.7 Å². The molecule has 2 amide bonds. The van der Waals surface area contributed by atoms with E-state index in [1.165, 1.54) is 7.11 Å². The quantitative estimate of drug-likeness (QED) is 0.750. The van der Waals surface area contributed by atoms with Gasteiger partial charge in [0, 0.05) is 31.3 Å². The normalized spacial score (nSPS) is 17.0. The largest absolute Gasteiger partial charge is 0.453 e. The van der Waals surface area contributed by atoms with E-state index in [1.807, 2.05) is 13.8 Å². The van der Waals surface area contributed by atoms with Crippen molar-refractivity contribution < 1.29 is 14.3 Å². The van der Waals surface area contributed by atoms with E-state index in [1.54, 1.807) is 11.1 Å². The number of aromatic amines is 1. The fourth-order valence-corrected chi connectivity index (χ4v) is 3.18. The molecule has 7 nitrogen and oxygen atoms in total. The number of likely N-dealkylation sites (tertiary alicyclic amines) is 1. The van der Waals surface area contributed by atoms with Gasteiger partial charge in [-0.3, -0.25) is 4.79 Å². The van der Waals surface area contributed by atoms with Crippen LogP contribution in [0.1, 0.15) is 50.7 Å². The van der Waals surface area contributed by atoms with Crippen molar-refractivity contribution in [1.29, 1.82) is 0 Å². The van der Waals surface area contributed by atoms with Crippen LogP contribution in [0.15, 0.2) is 6.20 Å². The molecule has 0 spiro atoms.